The second-order valence-electron chi connectivity index (χ2n) is 13.0. The van der Waals surface area contributed by atoms with Crippen molar-refractivity contribution in [1.29, 1.82) is 0 Å². The maximum Gasteiger partial charge on any atom is 0.248 e. The van der Waals surface area contributed by atoms with E-state index < -0.39 is 38.6 Å². The summed E-state index contributed by atoms with van der Waals surface area (Å²) in [6.07, 6.45) is 2.58. The summed E-state index contributed by atoms with van der Waals surface area (Å²) in [5, 5.41) is 21.6. The zero-order valence-corrected chi connectivity index (χ0v) is 27.8. The van der Waals surface area contributed by atoms with Gasteiger partial charge in [-0.15, -0.1) is 0 Å². The molecule has 2 aromatic rings. The van der Waals surface area contributed by atoms with Gasteiger partial charge >= 0.3 is 0 Å². The largest absolute Gasteiger partial charge is 0.492 e. The molecule has 222 valence electrons. The van der Waals surface area contributed by atoms with Crippen molar-refractivity contribution in [3.05, 3.63) is 24.8 Å². The number of aromatic nitrogens is 4. The molecule has 0 aromatic carbocycles. The van der Waals surface area contributed by atoms with Crippen LogP contribution in [0.4, 0.5) is 0 Å². The number of aromatic hydroxyl groups is 1. The number of aliphatic hydroxyl groups excluding tert-OH is 1. The number of ether oxygens (including phenoxy) is 1. The first kappa shape index (κ1) is 30.6. The first-order valence-corrected chi connectivity index (χ1v) is 20.7. The quantitative estimate of drug-likeness (QED) is 0.224. The number of fused-ring (bicyclic) bond motifs is 2. The molecule has 0 unspecified atom stereocenters. The molecule has 10 nitrogen and oxygen atoms in total. The Balaban J connectivity index is 1.38. The molecular formula is C26H41N4O6PS2Si. The maximum atomic E-state index is 11.6. The van der Waals surface area contributed by atoms with Crippen LogP contribution >= 0.6 is 17.1 Å². The third-order valence-electron chi connectivity index (χ3n) is 9.00. The molecule has 4 heterocycles. The Labute approximate surface area is 246 Å². The third-order valence-corrected chi connectivity index (χ3v) is 19.3. The van der Waals surface area contributed by atoms with E-state index in [0.717, 1.165) is 19.3 Å². The molecule has 3 fully saturated rings. The predicted octanol–water partition coefficient (Wildman–Crippen LogP) is 5.69. The van der Waals surface area contributed by atoms with Gasteiger partial charge in [-0.3, -0.25) is 4.57 Å². The van der Waals surface area contributed by atoms with E-state index in [1.54, 1.807) is 15.9 Å². The molecule has 2 saturated heterocycles. The topological polar surface area (TPSA) is 121 Å². The standard InChI is InChI=1S/C26H41N4O6PS2Si/c1-15(2)16-9-10-26(6)18(11-16)35-37(38,39-26)33-12-17-21(36-40(7,8)25(3,4)5)20(31)24(34-17)30-14-29-19-22(30)27-13-28-23(19)32/h13-14,16-18,20-21,24,31H,1,9-12H2,2-8H3,(H,27,28,32)/t16-,17+,18+,20+,21+,24+,26+,37+/m0/s1. The molecule has 1 aliphatic carbocycles. The second kappa shape index (κ2) is 10.7. The Kier molecular flexibility index (Phi) is 8.16. The SMILES string of the molecule is C=C(C)[C@H]1CC[C@@]2(C)S[P@](=S)(OC[C@H]3O[C@@H](n4cnc5c(O)ncnc54)[C@H](O)[C@@H]3O[Si](C)(C)C(C)(C)C)O[C@@H]2C1. The number of imidazole rings is 1. The minimum absolute atomic E-state index is 0.0190. The highest BCUT2D eigenvalue weighted by atomic mass is 32.9. The van der Waals surface area contributed by atoms with Crippen LogP contribution < -0.4 is 0 Å². The van der Waals surface area contributed by atoms with Crippen LogP contribution in [0.15, 0.2) is 24.8 Å². The van der Waals surface area contributed by atoms with E-state index in [-0.39, 0.29) is 33.9 Å². The summed E-state index contributed by atoms with van der Waals surface area (Å²) in [5.74, 6) is 0.201. The molecule has 2 N–H and O–H groups in total. The zero-order chi connectivity index (χ0) is 29.3. The van der Waals surface area contributed by atoms with Crippen LogP contribution in [0.2, 0.25) is 18.1 Å². The second-order valence-corrected chi connectivity index (χ2v) is 24.3. The van der Waals surface area contributed by atoms with Crippen LogP contribution in [0.3, 0.4) is 0 Å². The zero-order valence-electron chi connectivity index (χ0n) is 24.2. The van der Waals surface area contributed by atoms with Crippen molar-refractivity contribution in [3.63, 3.8) is 0 Å². The summed E-state index contributed by atoms with van der Waals surface area (Å²) in [7, 11) is -2.31. The Bertz CT molecular complexity index is 1340. The molecule has 14 heteroatoms. The highest BCUT2D eigenvalue weighted by molar-refractivity contribution is 8.68. The molecule has 8 atom stereocenters. The summed E-state index contributed by atoms with van der Waals surface area (Å²) >= 11 is 7.67. The maximum absolute atomic E-state index is 11.6. The lowest BCUT2D eigenvalue weighted by Crippen LogP contribution is -2.49. The van der Waals surface area contributed by atoms with E-state index in [0.29, 0.717) is 11.6 Å². The Morgan fingerprint density at radius 2 is 2.08 bits per heavy atom. The lowest BCUT2D eigenvalue weighted by molar-refractivity contribution is -0.0475. The van der Waals surface area contributed by atoms with Gasteiger partial charge in [0.1, 0.15) is 24.6 Å². The van der Waals surface area contributed by atoms with Gasteiger partial charge in [-0.2, -0.15) is 4.98 Å². The fourth-order valence-corrected chi connectivity index (χ4v) is 13.8. The molecule has 1 saturated carbocycles. The van der Waals surface area contributed by atoms with Gasteiger partial charge in [-0.1, -0.05) is 44.3 Å². The number of aliphatic hydroxyl groups is 1. The van der Waals surface area contributed by atoms with Gasteiger partial charge in [-0.05, 0) is 69.0 Å². The number of rotatable bonds is 7. The number of allylic oxidation sites excluding steroid dienone is 1. The van der Waals surface area contributed by atoms with Gasteiger partial charge in [0.15, 0.2) is 25.7 Å². The molecule has 40 heavy (non-hydrogen) atoms. The predicted molar refractivity (Wildman–Crippen MR) is 162 cm³/mol. The van der Waals surface area contributed by atoms with Crippen molar-refractivity contribution in [1.82, 2.24) is 19.5 Å². The highest BCUT2D eigenvalue weighted by Crippen LogP contribution is 2.75. The number of hydrogen-bond acceptors (Lipinski definition) is 11. The van der Waals surface area contributed by atoms with Gasteiger partial charge in [0.05, 0.1) is 19.0 Å². The van der Waals surface area contributed by atoms with Crippen molar-refractivity contribution in [2.45, 2.75) is 107 Å². The molecule has 0 radical (unpaired) electrons. The molecular weight excluding hydrogens is 588 g/mol. The normalized spacial score (nSPS) is 36.7. The Hall–Kier alpha value is -0.893. The molecule has 3 aliphatic rings. The van der Waals surface area contributed by atoms with E-state index in [1.807, 2.05) is 0 Å². The van der Waals surface area contributed by atoms with Crippen LogP contribution in [0.1, 0.15) is 60.1 Å². The summed E-state index contributed by atoms with van der Waals surface area (Å²) in [6.45, 7) is 19.3. The molecule has 0 spiro atoms. The first-order chi connectivity index (χ1) is 18.5. The van der Waals surface area contributed by atoms with Gasteiger partial charge in [-0.25, -0.2) is 9.97 Å². The summed E-state index contributed by atoms with van der Waals surface area (Å²) in [4.78, 5) is 12.3. The monoisotopic (exact) mass is 628 g/mol. The fraction of sp³-hybridized carbons (Fsp3) is 0.731. The number of nitrogens with zero attached hydrogens (tertiary/aromatic N) is 4. The van der Waals surface area contributed by atoms with Gasteiger partial charge in [0, 0.05) is 4.75 Å². The molecule has 0 amide bonds. The highest BCUT2D eigenvalue weighted by Gasteiger charge is 2.55. The minimum atomic E-state index is -2.66. The van der Waals surface area contributed by atoms with Gasteiger partial charge in [0.25, 0.3) is 0 Å². The third kappa shape index (κ3) is 5.58. The smallest absolute Gasteiger partial charge is 0.248 e. The van der Waals surface area contributed by atoms with E-state index in [4.69, 9.17) is 30.0 Å². The van der Waals surface area contributed by atoms with Crippen molar-refractivity contribution in [2.75, 3.05) is 6.61 Å². The van der Waals surface area contributed by atoms with Crippen LogP contribution in [-0.4, -0.2) is 73.8 Å². The average molecular weight is 629 g/mol. The number of hydrogen-bond donors (Lipinski definition) is 2. The fourth-order valence-electron chi connectivity index (χ4n) is 5.38. The van der Waals surface area contributed by atoms with E-state index >= 15 is 0 Å². The van der Waals surface area contributed by atoms with Crippen LogP contribution in [0.5, 0.6) is 5.88 Å². The van der Waals surface area contributed by atoms with E-state index in [9.17, 15) is 10.2 Å². The van der Waals surface area contributed by atoms with Crippen molar-refractivity contribution >= 4 is 48.4 Å². The molecule has 2 aromatic heterocycles. The van der Waals surface area contributed by atoms with Crippen LogP contribution in [0, 0.1) is 5.92 Å². The molecule has 5 rings (SSSR count). The average Bonchev–Trinajstić information content (AvgIpc) is 3.48. The molecule has 0 bridgehead atoms. The van der Waals surface area contributed by atoms with E-state index in [1.165, 1.54) is 18.2 Å². The lowest BCUT2D eigenvalue weighted by atomic mass is 9.77. The van der Waals surface area contributed by atoms with Crippen LogP contribution in [0.25, 0.3) is 11.2 Å². The summed E-state index contributed by atoms with van der Waals surface area (Å²) in [5.41, 5.74) is -0.888. The van der Waals surface area contributed by atoms with Crippen LogP contribution in [-0.2, 0) is 30.0 Å². The lowest BCUT2D eigenvalue weighted by Gasteiger charge is -2.40. The Morgan fingerprint density at radius 1 is 1.35 bits per heavy atom. The summed E-state index contributed by atoms with van der Waals surface area (Å²) in [6, 6.07) is 0. The first-order valence-electron chi connectivity index (χ1n) is 13.7. The van der Waals surface area contributed by atoms with Crippen molar-refractivity contribution < 1.29 is 28.4 Å². The molecule has 2 aliphatic heterocycles. The van der Waals surface area contributed by atoms with Gasteiger partial charge in [0.2, 0.25) is 11.6 Å². The summed E-state index contributed by atoms with van der Waals surface area (Å²) < 4.78 is 27.6. The van der Waals surface area contributed by atoms with E-state index in [2.05, 4.69) is 69.2 Å². The minimum Gasteiger partial charge on any atom is -0.492 e. The van der Waals surface area contributed by atoms with Crippen molar-refractivity contribution in [3.8, 4) is 5.88 Å². The van der Waals surface area contributed by atoms with Crippen molar-refractivity contribution in [2.24, 2.45) is 5.92 Å². The van der Waals surface area contributed by atoms with Gasteiger partial charge < -0.3 is 28.4 Å². The Morgan fingerprint density at radius 3 is 2.75 bits per heavy atom.